The van der Waals surface area contributed by atoms with E-state index in [0.29, 0.717) is 12.2 Å². The van der Waals surface area contributed by atoms with E-state index in [2.05, 4.69) is 20.5 Å². The summed E-state index contributed by atoms with van der Waals surface area (Å²) in [5.41, 5.74) is 3.34. The van der Waals surface area contributed by atoms with E-state index in [1.807, 2.05) is 37.3 Å². The number of pyridine rings is 1. The molecule has 100 valence electrons. The van der Waals surface area contributed by atoms with Gasteiger partial charge in [0, 0.05) is 24.3 Å². The standard InChI is InChI=1S/C15H14N4O/c1-10-4-5-13-12(7-10)14(19-18-13)15(20)17-9-11-3-2-6-16-8-11/h2-8H,9H2,1H3,(H,17,20)(H,18,19). The number of carbonyl (C=O) groups excluding carboxylic acids is 1. The van der Waals surface area contributed by atoms with Gasteiger partial charge < -0.3 is 5.32 Å². The van der Waals surface area contributed by atoms with Gasteiger partial charge in [-0.05, 0) is 30.7 Å². The van der Waals surface area contributed by atoms with Crippen LogP contribution < -0.4 is 5.32 Å². The van der Waals surface area contributed by atoms with Crippen LogP contribution in [0.2, 0.25) is 0 Å². The van der Waals surface area contributed by atoms with Crippen LogP contribution in [0.25, 0.3) is 10.9 Å². The molecule has 3 rings (SSSR count). The van der Waals surface area contributed by atoms with Crippen LogP contribution in [-0.4, -0.2) is 21.1 Å². The molecule has 0 spiro atoms. The highest BCUT2D eigenvalue weighted by Crippen LogP contribution is 2.17. The molecule has 0 fully saturated rings. The molecule has 0 saturated heterocycles. The predicted molar refractivity (Wildman–Crippen MR) is 76.2 cm³/mol. The van der Waals surface area contributed by atoms with Gasteiger partial charge >= 0.3 is 0 Å². The van der Waals surface area contributed by atoms with Gasteiger partial charge in [0.15, 0.2) is 5.69 Å². The second-order valence-electron chi connectivity index (χ2n) is 4.67. The normalized spacial score (nSPS) is 10.7. The van der Waals surface area contributed by atoms with Gasteiger partial charge in [0.25, 0.3) is 5.91 Å². The van der Waals surface area contributed by atoms with Gasteiger partial charge in [0.1, 0.15) is 0 Å². The maximum absolute atomic E-state index is 12.2. The lowest BCUT2D eigenvalue weighted by atomic mass is 10.1. The zero-order valence-electron chi connectivity index (χ0n) is 11.1. The Hall–Kier alpha value is -2.69. The number of aromatic amines is 1. The van der Waals surface area contributed by atoms with Crippen LogP contribution in [0.3, 0.4) is 0 Å². The Morgan fingerprint density at radius 1 is 1.35 bits per heavy atom. The third-order valence-electron chi connectivity index (χ3n) is 3.11. The average molecular weight is 266 g/mol. The largest absolute Gasteiger partial charge is 0.346 e. The molecule has 0 radical (unpaired) electrons. The SMILES string of the molecule is Cc1ccc2[nH]nc(C(=O)NCc3cccnc3)c2c1. The number of nitrogens with one attached hydrogen (secondary N) is 2. The second kappa shape index (κ2) is 5.13. The summed E-state index contributed by atoms with van der Waals surface area (Å²) in [5, 5.41) is 10.7. The molecule has 0 aliphatic heterocycles. The Bertz CT molecular complexity index is 749. The summed E-state index contributed by atoms with van der Waals surface area (Å²) < 4.78 is 0. The Balaban J connectivity index is 1.80. The summed E-state index contributed by atoms with van der Waals surface area (Å²) in [6.07, 6.45) is 3.43. The monoisotopic (exact) mass is 266 g/mol. The summed E-state index contributed by atoms with van der Waals surface area (Å²) in [4.78, 5) is 16.2. The van der Waals surface area contributed by atoms with Gasteiger partial charge in [-0.1, -0.05) is 17.7 Å². The van der Waals surface area contributed by atoms with Crippen molar-refractivity contribution in [2.45, 2.75) is 13.5 Å². The fraction of sp³-hybridized carbons (Fsp3) is 0.133. The number of carbonyl (C=O) groups is 1. The van der Waals surface area contributed by atoms with E-state index in [-0.39, 0.29) is 5.91 Å². The molecule has 1 aromatic carbocycles. The van der Waals surface area contributed by atoms with Crippen molar-refractivity contribution in [2.75, 3.05) is 0 Å². The highest BCUT2D eigenvalue weighted by Gasteiger charge is 2.13. The first-order chi connectivity index (χ1) is 9.74. The Morgan fingerprint density at radius 2 is 2.25 bits per heavy atom. The summed E-state index contributed by atoms with van der Waals surface area (Å²) >= 11 is 0. The number of H-pyrrole nitrogens is 1. The number of hydrogen-bond donors (Lipinski definition) is 2. The molecule has 20 heavy (non-hydrogen) atoms. The van der Waals surface area contributed by atoms with Crippen molar-refractivity contribution in [3.05, 3.63) is 59.5 Å². The molecule has 2 N–H and O–H groups in total. The number of hydrogen-bond acceptors (Lipinski definition) is 3. The van der Waals surface area contributed by atoms with E-state index in [1.165, 1.54) is 0 Å². The molecule has 0 aliphatic carbocycles. The number of benzene rings is 1. The van der Waals surface area contributed by atoms with Crippen LogP contribution in [0.4, 0.5) is 0 Å². The van der Waals surface area contributed by atoms with Crippen LogP contribution >= 0.6 is 0 Å². The quantitative estimate of drug-likeness (QED) is 0.763. The molecule has 2 heterocycles. The van der Waals surface area contributed by atoms with E-state index in [9.17, 15) is 4.79 Å². The first kappa shape index (κ1) is 12.3. The zero-order chi connectivity index (χ0) is 13.9. The van der Waals surface area contributed by atoms with Gasteiger partial charge in [-0.25, -0.2) is 0 Å². The smallest absolute Gasteiger partial charge is 0.272 e. The molecule has 0 bridgehead atoms. The van der Waals surface area contributed by atoms with Gasteiger partial charge in [0.05, 0.1) is 5.52 Å². The van der Waals surface area contributed by atoms with Gasteiger partial charge in [0.2, 0.25) is 0 Å². The highest BCUT2D eigenvalue weighted by molar-refractivity contribution is 6.04. The molecule has 0 atom stereocenters. The van der Waals surface area contributed by atoms with Gasteiger partial charge in [-0.15, -0.1) is 0 Å². The van der Waals surface area contributed by atoms with Crippen molar-refractivity contribution in [1.82, 2.24) is 20.5 Å². The number of nitrogens with zero attached hydrogens (tertiary/aromatic N) is 2. The maximum atomic E-state index is 12.2. The molecule has 3 aromatic rings. The zero-order valence-corrected chi connectivity index (χ0v) is 11.1. The van der Waals surface area contributed by atoms with Crippen LogP contribution in [0.5, 0.6) is 0 Å². The highest BCUT2D eigenvalue weighted by atomic mass is 16.1. The van der Waals surface area contributed by atoms with E-state index < -0.39 is 0 Å². The average Bonchev–Trinajstić information content (AvgIpc) is 2.89. The van der Waals surface area contributed by atoms with Gasteiger partial charge in [-0.2, -0.15) is 5.10 Å². The first-order valence-electron chi connectivity index (χ1n) is 6.36. The Kier molecular flexibility index (Phi) is 3.16. The van der Waals surface area contributed by atoms with E-state index in [4.69, 9.17) is 0 Å². The molecule has 5 heteroatoms. The van der Waals surface area contributed by atoms with Crippen LogP contribution in [0, 0.1) is 6.92 Å². The lowest BCUT2D eigenvalue weighted by Gasteiger charge is -2.03. The van der Waals surface area contributed by atoms with Crippen LogP contribution in [-0.2, 0) is 6.54 Å². The third kappa shape index (κ3) is 2.38. The lowest BCUT2D eigenvalue weighted by molar-refractivity contribution is 0.0947. The van der Waals surface area contributed by atoms with Crippen molar-refractivity contribution < 1.29 is 4.79 Å². The lowest BCUT2D eigenvalue weighted by Crippen LogP contribution is -2.23. The van der Waals surface area contributed by atoms with E-state index >= 15 is 0 Å². The Morgan fingerprint density at radius 3 is 3.05 bits per heavy atom. The van der Waals surface area contributed by atoms with Crippen LogP contribution in [0.1, 0.15) is 21.6 Å². The van der Waals surface area contributed by atoms with E-state index in [0.717, 1.165) is 22.0 Å². The number of aryl methyl sites for hydroxylation is 1. The molecule has 0 saturated carbocycles. The topological polar surface area (TPSA) is 70.7 Å². The molecular weight excluding hydrogens is 252 g/mol. The minimum absolute atomic E-state index is 0.189. The van der Waals surface area contributed by atoms with Crippen molar-refractivity contribution in [3.63, 3.8) is 0 Å². The summed E-state index contributed by atoms with van der Waals surface area (Å²) in [7, 11) is 0. The van der Waals surface area contributed by atoms with E-state index in [1.54, 1.807) is 12.4 Å². The number of fused-ring (bicyclic) bond motifs is 1. The van der Waals surface area contributed by atoms with Crippen molar-refractivity contribution in [3.8, 4) is 0 Å². The van der Waals surface area contributed by atoms with Crippen LogP contribution in [0.15, 0.2) is 42.7 Å². The number of aromatic nitrogens is 3. The third-order valence-corrected chi connectivity index (χ3v) is 3.11. The molecule has 0 aliphatic rings. The van der Waals surface area contributed by atoms with Crippen molar-refractivity contribution >= 4 is 16.8 Å². The van der Waals surface area contributed by atoms with Crippen molar-refractivity contribution in [2.24, 2.45) is 0 Å². The summed E-state index contributed by atoms with van der Waals surface area (Å²) in [6.45, 7) is 2.43. The van der Waals surface area contributed by atoms with Gasteiger partial charge in [-0.3, -0.25) is 14.9 Å². The molecular formula is C15H14N4O. The summed E-state index contributed by atoms with van der Waals surface area (Å²) in [5.74, 6) is -0.189. The molecule has 5 nitrogen and oxygen atoms in total. The Labute approximate surface area is 116 Å². The minimum Gasteiger partial charge on any atom is -0.346 e. The molecule has 1 amide bonds. The summed E-state index contributed by atoms with van der Waals surface area (Å²) in [6, 6.07) is 9.63. The molecule has 2 aromatic heterocycles. The fourth-order valence-electron chi connectivity index (χ4n) is 2.07. The first-order valence-corrected chi connectivity index (χ1v) is 6.36. The fourth-order valence-corrected chi connectivity index (χ4v) is 2.07. The number of rotatable bonds is 3. The number of amides is 1. The molecule has 0 unspecified atom stereocenters. The van der Waals surface area contributed by atoms with Crippen molar-refractivity contribution in [1.29, 1.82) is 0 Å². The second-order valence-corrected chi connectivity index (χ2v) is 4.67. The minimum atomic E-state index is -0.189. The maximum Gasteiger partial charge on any atom is 0.272 e. The predicted octanol–water partition coefficient (Wildman–Crippen LogP) is 2.20.